The van der Waals surface area contributed by atoms with Gasteiger partial charge in [-0.2, -0.15) is 13.2 Å². The highest BCUT2D eigenvalue weighted by Crippen LogP contribution is 2.37. The number of thiophene rings is 1. The zero-order valence-corrected chi connectivity index (χ0v) is 8.94. The second-order valence-corrected chi connectivity index (χ2v) is 3.62. The van der Waals surface area contributed by atoms with Gasteiger partial charge in [-0.3, -0.25) is 0 Å². The summed E-state index contributed by atoms with van der Waals surface area (Å²) in [5.41, 5.74) is 0.319. The highest BCUT2D eigenvalue weighted by atomic mass is 32.1. The highest BCUT2D eigenvalue weighted by molar-refractivity contribution is 7.12. The number of alkyl halides is 3. The van der Waals surface area contributed by atoms with Crippen LogP contribution >= 0.6 is 11.3 Å². The topological polar surface area (TPSA) is 0 Å². The van der Waals surface area contributed by atoms with Gasteiger partial charge < -0.3 is 0 Å². The molecule has 0 aliphatic heterocycles. The smallest absolute Gasteiger partial charge is 0.165 e. The molecule has 0 aliphatic carbocycles. The van der Waals surface area contributed by atoms with E-state index in [1.807, 2.05) is 13.8 Å². The maximum absolute atomic E-state index is 12.1. The largest absolute Gasteiger partial charge is 0.425 e. The third-order valence-corrected chi connectivity index (χ3v) is 2.50. The van der Waals surface area contributed by atoms with Crippen LogP contribution in [0.25, 0.3) is 0 Å². The van der Waals surface area contributed by atoms with Crippen molar-refractivity contribution in [1.82, 2.24) is 0 Å². The summed E-state index contributed by atoms with van der Waals surface area (Å²) in [6, 6.07) is 1.55. The number of rotatable bonds is 0. The summed E-state index contributed by atoms with van der Waals surface area (Å²) in [4.78, 5) is 0.227. The zero-order chi connectivity index (χ0) is 10.6. The predicted molar refractivity (Wildman–Crippen MR) is 50.1 cm³/mol. The third-order valence-electron chi connectivity index (χ3n) is 1.30. The Hall–Kier alpha value is -0.510. The molecule has 0 unspecified atom stereocenters. The Bertz CT molecular complexity index is 260. The molecule has 1 aromatic rings. The van der Waals surface area contributed by atoms with E-state index in [1.54, 1.807) is 13.0 Å². The fraction of sp³-hybridized carbons (Fsp3) is 0.556. The van der Waals surface area contributed by atoms with Crippen LogP contribution in [0.5, 0.6) is 0 Å². The summed E-state index contributed by atoms with van der Waals surface area (Å²) in [5.74, 6) is 0. The Labute approximate surface area is 80.4 Å². The molecule has 0 bridgehead atoms. The lowest BCUT2D eigenvalue weighted by molar-refractivity contribution is -0.134. The van der Waals surface area contributed by atoms with Crippen LogP contribution in [0.4, 0.5) is 13.2 Å². The minimum Gasteiger partial charge on any atom is -0.165 e. The van der Waals surface area contributed by atoms with Crippen molar-refractivity contribution in [2.75, 3.05) is 0 Å². The zero-order valence-electron chi connectivity index (χ0n) is 8.12. The minimum absolute atomic E-state index is 0.319. The van der Waals surface area contributed by atoms with Gasteiger partial charge in [0.05, 0.1) is 0 Å². The van der Waals surface area contributed by atoms with Gasteiger partial charge in [0.2, 0.25) is 0 Å². The van der Waals surface area contributed by atoms with Gasteiger partial charge in [0, 0.05) is 4.88 Å². The average molecular weight is 210 g/mol. The van der Waals surface area contributed by atoms with Crippen LogP contribution in [0, 0.1) is 13.8 Å². The van der Waals surface area contributed by atoms with Crippen LogP contribution in [0.3, 0.4) is 0 Å². The predicted octanol–water partition coefficient (Wildman–Crippen LogP) is 4.41. The second-order valence-electron chi connectivity index (χ2n) is 2.37. The van der Waals surface area contributed by atoms with Crippen LogP contribution in [-0.4, -0.2) is 0 Å². The van der Waals surface area contributed by atoms with Crippen LogP contribution in [0.15, 0.2) is 6.07 Å². The molecule has 0 spiro atoms. The molecule has 1 rings (SSSR count). The summed E-state index contributed by atoms with van der Waals surface area (Å²) < 4.78 is 36.2. The number of halogens is 3. The van der Waals surface area contributed by atoms with E-state index in [0.29, 0.717) is 10.4 Å². The van der Waals surface area contributed by atoms with Gasteiger partial charge in [0.1, 0.15) is 4.88 Å². The SMILES string of the molecule is CC.Cc1cc(C)c(C(F)(F)F)s1. The minimum atomic E-state index is -4.18. The molecule has 0 saturated heterocycles. The molecule has 1 heterocycles. The molecule has 76 valence electrons. The molecule has 0 amide bonds. The van der Waals surface area contributed by atoms with E-state index in [1.165, 1.54) is 6.92 Å². The summed E-state index contributed by atoms with van der Waals surface area (Å²) in [7, 11) is 0. The van der Waals surface area contributed by atoms with Gasteiger partial charge in [0.15, 0.2) is 0 Å². The number of hydrogen-bond donors (Lipinski definition) is 0. The van der Waals surface area contributed by atoms with Crippen molar-refractivity contribution in [3.63, 3.8) is 0 Å². The molecule has 0 atom stereocenters. The fourth-order valence-corrected chi connectivity index (χ4v) is 1.82. The molecule has 0 saturated carbocycles. The standard InChI is InChI=1S/C7H7F3S.C2H6/c1-4-3-5(2)11-6(4)7(8,9)10;1-2/h3H,1-2H3;1-2H3. The van der Waals surface area contributed by atoms with Gasteiger partial charge in [-0.05, 0) is 25.5 Å². The van der Waals surface area contributed by atoms with Crippen molar-refractivity contribution in [3.05, 3.63) is 21.4 Å². The van der Waals surface area contributed by atoms with Gasteiger partial charge in [-0.25, -0.2) is 0 Å². The molecule has 0 nitrogen and oxygen atoms in total. The van der Waals surface area contributed by atoms with Crippen molar-refractivity contribution < 1.29 is 13.2 Å². The molecule has 1 aromatic heterocycles. The van der Waals surface area contributed by atoms with E-state index in [4.69, 9.17) is 0 Å². The number of hydrogen-bond acceptors (Lipinski definition) is 1. The quantitative estimate of drug-likeness (QED) is 0.595. The molecule has 4 heteroatoms. The van der Waals surface area contributed by atoms with E-state index >= 15 is 0 Å². The molecule has 0 aliphatic rings. The first-order chi connectivity index (χ1) is 5.91. The van der Waals surface area contributed by atoms with Crippen molar-refractivity contribution >= 4 is 11.3 Å². The Morgan fingerprint density at radius 1 is 1.15 bits per heavy atom. The van der Waals surface area contributed by atoms with E-state index < -0.39 is 11.1 Å². The maximum atomic E-state index is 12.1. The summed E-state index contributed by atoms with van der Waals surface area (Å²) in [6.45, 7) is 7.15. The van der Waals surface area contributed by atoms with Crippen molar-refractivity contribution in [3.8, 4) is 0 Å². The summed E-state index contributed by atoms with van der Waals surface area (Å²) in [6.07, 6.45) is -4.18. The van der Waals surface area contributed by atoms with Crippen LogP contribution in [-0.2, 0) is 6.18 Å². The van der Waals surface area contributed by atoms with Gasteiger partial charge >= 0.3 is 6.18 Å². The Balaban J connectivity index is 0.000000671. The lowest BCUT2D eigenvalue weighted by Gasteiger charge is -2.02. The van der Waals surface area contributed by atoms with E-state index in [-0.39, 0.29) is 0 Å². The first-order valence-corrected chi connectivity index (χ1v) is 4.87. The monoisotopic (exact) mass is 210 g/mol. The molecule has 13 heavy (non-hydrogen) atoms. The first kappa shape index (κ1) is 12.5. The third kappa shape index (κ3) is 3.38. The van der Waals surface area contributed by atoms with Crippen LogP contribution < -0.4 is 0 Å². The number of aryl methyl sites for hydroxylation is 2. The van der Waals surface area contributed by atoms with Gasteiger partial charge in [-0.1, -0.05) is 13.8 Å². The summed E-state index contributed by atoms with van der Waals surface area (Å²) in [5, 5.41) is 0. The van der Waals surface area contributed by atoms with Crippen molar-refractivity contribution in [1.29, 1.82) is 0 Å². The van der Waals surface area contributed by atoms with E-state index in [9.17, 15) is 13.2 Å². The van der Waals surface area contributed by atoms with Crippen molar-refractivity contribution in [2.45, 2.75) is 33.9 Å². The lowest BCUT2D eigenvalue weighted by Crippen LogP contribution is -2.02. The molecule has 0 radical (unpaired) electrons. The average Bonchev–Trinajstić information content (AvgIpc) is 2.33. The molecular weight excluding hydrogens is 197 g/mol. The maximum Gasteiger partial charge on any atom is 0.425 e. The molecular formula is C9H13F3S. The second kappa shape index (κ2) is 4.65. The first-order valence-electron chi connectivity index (χ1n) is 4.05. The summed E-state index contributed by atoms with van der Waals surface area (Å²) >= 11 is 0.796. The van der Waals surface area contributed by atoms with Crippen LogP contribution in [0.2, 0.25) is 0 Å². The van der Waals surface area contributed by atoms with Gasteiger partial charge in [-0.15, -0.1) is 11.3 Å². The highest BCUT2D eigenvalue weighted by Gasteiger charge is 2.34. The Kier molecular flexibility index (Phi) is 4.47. The Morgan fingerprint density at radius 2 is 1.62 bits per heavy atom. The van der Waals surface area contributed by atoms with Crippen LogP contribution in [0.1, 0.15) is 29.2 Å². The molecule has 0 N–H and O–H groups in total. The normalized spacial score (nSPS) is 10.7. The van der Waals surface area contributed by atoms with E-state index in [0.717, 1.165) is 11.3 Å². The molecule has 0 fully saturated rings. The van der Waals surface area contributed by atoms with E-state index in [2.05, 4.69) is 0 Å². The van der Waals surface area contributed by atoms with Gasteiger partial charge in [0.25, 0.3) is 0 Å². The fourth-order valence-electron chi connectivity index (χ4n) is 0.923. The Morgan fingerprint density at radius 3 is 1.77 bits per heavy atom. The lowest BCUT2D eigenvalue weighted by atomic mass is 10.3. The molecule has 0 aromatic carbocycles. The van der Waals surface area contributed by atoms with Crippen molar-refractivity contribution in [2.24, 2.45) is 0 Å².